The molecule has 1 aliphatic rings. The van der Waals surface area contributed by atoms with Crippen LogP contribution in [-0.4, -0.2) is 17.9 Å². The molecule has 1 saturated carbocycles. The van der Waals surface area contributed by atoms with Crippen molar-refractivity contribution in [1.82, 2.24) is 5.32 Å². The van der Waals surface area contributed by atoms with E-state index in [1.54, 1.807) is 18.2 Å². The molecule has 2 nitrogen and oxygen atoms in total. The topological polar surface area (TPSA) is 29.1 Å². The molecule has 0 radical (unpaired) electrons. The average Bonchev–Trinajstić information content (AvgIpc) is 2.40. The van der Waals surface area contributed by atoms with E-state index in [4.69, 9.17) is 0 Å². The van der Waals surface area contributed by atoms with Crippen molar-refractivity contribution in [3.8, 4) is 0 Å². The molecular weight excluding hydrogens is 267 g/mol. The number of hydrogen-bond acceptors (Lipinski definition) is 1. The predicted molar refractivity (Wildman–Crippen MR) is 70.8 cm³/mol. The van der Waals surface area contributed by atoms with Gasteiger partial charge in [0.1, 0.15) is 5.82 Å². The van der Waals surface area contributed by atoms with Gasteiger partial charge in [0.2, 0.25) is 11.8 Å². The molecule has 1 N–H and O–H groups in total. The molecule has 1 fully saturated rings. The lowest BCUT2D eigenvalue weighted by Crippen LogP contribution is -2.39. The number of carbonyl (C=O) groups excluding carboxylic acids is 1. The highest BCUT2D eigenvalue weighted by Gasteiger charge is 2.35. The summed E-state index contributed by atoms with van der Waals surface area (Å²) >= 11 is 0. The first-order valence-electron chi connectivity index (χ1n) is 6.57. The molecule has 0 aliphatic heterocycles. The Labute approximate surface area is 115 Å². The lowest BCUT2D eigenvalue weighted by Gasteiger charge is -2.28. The van der Waals surface area contributed by atoms with Gasteiger partial charge in [-0.05, 0) is 25.0 Å². The third-order valence-electron chi connectivity index (χ3n) is 3.38. The smallest absolute Gasteiger partial charge is 0.248 e. The van der Waals surface area contributed by atoms with Gasteiger partial charge in [-0.2, -0.15) is 0 Å². The second kappa shape index (κ2) is 6.11. The molecule has 0 unspecified atom stereocenters. The maximum atomic E-state index is 13.3. The predicted octanol–water partition coefficient (Wildman–Crippen LogP) is 3.53. The summed E-state index contributed by atoms with van der Waals surface area (Å²) in [4.78, 5) is 11.6. The third kappa shape index (κ3) is 4.11. The van der Waals surface area contributed by atoms with Crippen molar-refractivity contribution in [2.24, 2.45) is 0 Å². The maximum Gasteiger partial charge on any atom is 0.248 e. The summed E-state index contributed by atoms with van der Waals surface area (Å²) in [6.45, 7) is 0. The summed E-state index contributed by atoms with van der Waals surface area (Å²) in [7, 11) is 0. The van der Waals surface area contributed by atoms with E-state index in [0.29, 0.717) is 5.56 Å². The van der Waals surface area contributed by atoms with Gasteiger partial charge in [0.25, 0.3) is 0 Å². The summed E-state index contributed by atoms with van der Waals surface area (Å²) in [5.74, 6) is -3.40. The SMILES string of the molecule is O=C(C=Cc1ccccc1F)NC1CCC(F)(F)CC1. The van der Waals surface area contributed by atoms with Crippen LogP contribution in [0.4, 0.5) is 13.2 Å². The zero-order valence-corrected chi connectivity index (χ0v) is 10.9. The van der Waals surface area contributed by atoms with Crippen LogP contribution in [0.1, 0.15) is 31.2 Å². The van der Waals surface area contributed by atoms with Crippen LogP contribution in [0.25, 0.3) is 6.08 Å². The number of rotatable bonds is 3. The van der Waals surface area contributed by atoms with Crippen LogP contribution in [0.2, 0.25) is 0 Å². The molecule has 0 aromatic heterocycles. The minimum Gasteiger partial charge on any atom is -0.350 e. The Hall–Kier alpha value is -1.78. The van der Waals surface area contributed by atoms with Gasteiger partial charge >= 0.3 is 0 Å². The lowest BCUT2D eigenvalue weighted by molar-refractivity contribution is -0.118. The largest absolute Gasteiger partial charge is 0.350 e. The summed E-state index contributed by atoms with van der Waals surface area (Å²) < 4.78 is 39.2. The number of alkyl halides is 2. The molecule has 20 heavy (non-hydrogen) atoms. The number of amides is 1. The van der Waals surface area contributed by atoms with Gasteiger partial charge in [-0.15, -0.1) is 0 Å². The highest BCUT2D eigenvalue weighted by atomic mass is 19.3. The molecule has 0 spiro atoms. The van der Waals surface area contributed by atoms with Gasteiger partial charge in [-0.3, -0.25) is 4.79 Å². The Morgan fingerprint density at radius 3 is 2.55 bits per heavy atom. The van der Waals surface area contributed by atoms with Crippen LogP contribution in [0.15, 0.2) is 30.3 Å². The minimum atomic E-state index is -2.61. The standard InChI is InChI=1S/C15H16F3NO/c16-13-4-2-1-3-11(13)5-6-14(20)19-12-7-9-15(17,18)10-8-12/h1-6,12H,7-10H2,(H,19,20). The fourth-order valence-electron chi connectivity index (χ4n) is 2.21. The van der Waals surface area contributed by atoms with E-state index in [0.717, 1.165) is 0 Å². The maximum absolute atomic E-state index is 13.3. The van der Waals surface area contributed by atoms with Crippen molar-refractivity contribution in [2.45, 2.75) is 37.6 Å². The number of nitrogens with one attached hydrogen (secondary N) is 1. The van der Waals surface area contributed by atoms with Crippen LogP contribution < -0.4 is 5.32 Å². The van der Waals surface area contributed by atoms with E-state index in [1.165, 1.54) is 18.2 Å². The van der Waals surface area contributed by atoms with Gasteiger partial charge < -0.3 is 5.32 Å². The Balaban J connectivity index is 1.86. The average molecular weight is 283 g/mol. The fraction of sp³-hybridized carbons (Fsp3) is 0.400. The van der Waals surface area contributed by atoms with Crippen LogP contribution in [0, 0.1) is 5.82 Å². The van der Waals surface area contributed by atoms with Crippen molar-refractivity contribution in [3.63, 3.8) is 0 Å². The quantitative estimate of drug-likeness (QED) is 0.845. The van der Waals surface area contributed by atoms with Gasteiger partial charge in [0.15, 0.2) is 0 Å². The Kier molecular flexibility index (Phi) is 4.47. The van der Waals surface area contributed by atoms with Crippen molar-refractivity contribution in [3.05, 3.63) is 41.7 Å². The summed E-state index contributed by atoms with van der Waals surface area (Å²) in [6, 6.07) is 5.87. The first kappa shape index (κ1) is 14.6. The molecule has 1 aliphatic carbocycles. The van der Waals surface area contributed by atoms with Gasteiger partial charge in [-0.25, -0.2) is 13.2 Å². The third-order valence-corrected chi connectivity index (χ3v) is 3.38. The van der Waals surface area contributed by atoms with E-state index >= 15 is 0 Å². The van der Waals surface area contributed by atoms with Crippen molar-refractivity contribution < 1.29 is 18.0 Å². The second-order valence-corrected chi connectivity index (χ2v) is 4.99. The molecule has 0 atom stereocenters. The molecule has 1 aromatic carbocycles. The minimum absolute atomic E-state index is 0.199. The van der Waals surface area contributed by atoms with Crippen LogP contribution in [0.5, 0.6) is 0 Å². The number of benzene rings is 1. The zero-order valence-electron chi connectivity index (χ0n) is 10.9. The van der Waals surface area contributed by atoms with Crippen LogP contribution >= 0.6 is 0 Å². The molecule has 1 amide bonds. The monoisotopic (exact) mass is 283 g/mol. The Morgan fingerprint density at radius 1 is 1.25 bits per heavy atom. The van der Waals surface area contributed by atoms with E-state index in [-0.39, 0.29) is 37.6 Å². The van der Waals surface area contributed by atoms with Crippen LogP contribution in [0.3, 0.4) is 0 Å². The number of carbonyl (C=O) groups is 1. The molecule has 108 valence electrons. The van der Waals surface area contributed by atoms with E-state index < -0.39 is 11.7 Å². The molecule has 2 rings (SSSR count). The first-order valence-corrected chi connectivity index (χ1v) is 6.57. The molecule has 0 heterocycles. The zero-order chi connectivity index (χ0) is 14.6. The lowest BCUT2D eigenvalue weighted by atomic mass is 9.92. The normalized spacial score (nSPS) is 19.1. The molecule has 5 heteroatoms. The molecule has 1 aromatic rings. The molecule has 0 saturated heterocycles. The first-order chi connectivity index (χ1) is 9.46. The Morgan fingerprint density at radius 2 is 1.90 bits per heavy atom. The summed E-state index contributed by atoms with van der Waals surface area (Å²) in [5, 5.41) is 2.66. The summed E-state index contributed by atoms with van der Waals surface area (Å²) in [6.07, 6.45) is 2.75. The van der Waals surface area contributed by atoms with Gasteiger partial charge in [0.05, 0.1) is 0 Å². The van der Waals surface area contributed by atoms with Gasteiger partial charge in [-0.1, -0.05) is 18.2 Å². The molecular formula is C15H16F3NO. The highest BCUT2D eigenvalue weighted by Crippen LogP contribution is 2.32. The van der Waals surface area contributed by atoms with Crippen molar-refractivity contribution in [2.75, 3.05) is 0 Å². The van der Waals surface area contributed by atoms with Crippen LogP contribution in [-0.2, 0) is 4.79 Å². The molecule has 0 bridgehead atoms. The van der Waals surface area contributed by atoms with Crippen molar-refractivity contribution >= 4 is 12.0 Å². The summed E-state index contributed by atoms with van der Waals surface area (Å²) in [5.41, 5.74) is 0.317. The van der Waals surface area contributed by atoms with Gasteiger partial charge in [0, 0.05) is 30.5 Å². The number of halogens is 3. The van der Waals surface area contributed by atoms with E-state index in [9.17, 15) is 18.0 Å². The highest BCUT2D eigenvalue weighted by molar-refractivity contribution is 5.91. The number of hydrogen-bond donors (Lipinski definition) is 1. The van der Waals surface area contributed by atoms with E-state index in [2.05, 4.69) is 5.32 Å². The van der Waals surface area contributed by atoms with Crippen molar-refractivity contribution in [1.29, 1.82) is 0 Å². The van der Waals surface area contributed by atoms with E-state index in [1.807, 2.05) is 0 Å². The second-order valence-electron chi connectivity index (χ2n) is 4.99. The fourth-order valence-corrected chi connectivity index (χ4v) is 2.21. The Bertz CT molecular complexity index is 504.